The highest BCUT2D eigenvalue weighted by molar-refractivity contribution is 6.10. The number of nitrogens with zero attached hydrogens (tertiary/aromatic N) is 1. The van der Waals surface area contributed by atoms with E-state index in [9.17, 15) is 14.4 Å². The van der Waals surface area contributed by atoms with Crippen LogP contribution < -0.4 is 11.1 Å². The minimum Gasteiger partial charge on any atom is -0.368 e. The fourth-order valence-corrected chi connectivity index (χ4v) is 2.46. The van der Waals surface area contributed by atoms with Crippen molar-refractivity contribution in [3.8, 4) is 0 Å². The predicted molar refractivity (Wildman–Crippen MR) is 78.5 cm³/mol. The number of benzene rings is 1. The van der Waals surface area contributed by atoms with Crippen LogP contribution >= 0.6 is 0 Å². The smallest absolute Gasteiger partial charge is 0.257 e. The van der Waals surface area contributed by atoms with Gasteiger partial charge >= 0.3 is 0 Å². The highest BCUT2D eigenvalue weighted by Crippen LogP contribution is 2.25. The van der Waals surface area contributed by atoms with Gasteiger partial charge in [0, 0.05) is 0 Å². The number of carbonyl (C=O) groups excluding carboxylic acids is 3. The molecule has 0 saturated heterocycles. The third kappa shape index (κ3) is 3.21. The lowest BCUT2D eigenvalue weighted by Gasteiger charge is -2.28. The Morgan fingerprint density at radius 3 is 2.62 bits per heavy atom. The summed E-state index contributed by atoms with van der Waals surface area (Å²) in [5.41, 5.74) is 6.07. The first-order valence-corrected chi connectivity index (χ1v) is 6.89. The molecule has 0 aromatic heterocycles. The van der Waals surface area contributed by atoms with Gasteiger partial charge in [-0.15, -0.1) is 0 Å². The molecule has 3 N–H and O–H groups in total. The zero-order valence-corrected chi connectivity index (χ0v) is 12.1. The molecule has 0 saturated carbocycles. The van der Waals surface area contributed by atoms with E-state index < -0.39 is 11.9 Å². The molecule has 0 radical (unpaired) electrons. The van der Waals surface area contributed by atoms with Gasteiger partial charge in [0.2, 0.25) is 11.8 Å². The molecule has 1 heterocycles. The lowest BCUT2D eigenvalue weighted by molar-refractivity contribution is -0.123. The van der Waals surface area contributed by atoms with Gasteiger partial charge in [0.1, 0.15) is 12.6 Å². The van der Waals surface area contributed by atoms with Gasteiger partial charge in [0.25, 0.3) is 5.91 Å². The highest BCUT2D eigenvalue weighted by Gasteiger charge is 2.36. The summed E-state index contributed by atoms with van der Waals surface area (Å²) in [5.74, 6) is -1.08. The van der Waals surface area contributed by atoms with Crippen LogP contribution in [0, 0.1) is 5.92 Å². The minimum absolute atomic E-state index is 0.199. The van der Waals surface area contributed by atoms with Crippen LogP contribution in [-0.2, 0) is 9.59 Å². The van der Waals surface area contributed by atoms with Crippen molar-refractivity contribution in [1.29, 1.82) is 0 Å². The van der Waals surface area contributed by atoms with E-state index in [2.05, 4.69) is 5.32 Å². The van der Waals surface area contributed by atoms with Gasteiger partial charge in [-0.2, -0.15) is 0 Å². The van der Waals surface area contributed by atoms with Crippen molar-refractivity contribution in [2.24, 2.45) is 11.7 Å². The van der Waals surface area contributed by atoms with Gasteiger partial charge in [-0.25, -0.2) is 0 Å². The number of para-hydroxylation sites is 1. The van der Waals surface area contributed by atoms with Crippen LogP contribution in [0.3, 0.4) is 0 Å². The van der Waals surface area contributed by atoms with E-state index in [1.807, 2.05) is 13.8 Å². The number of hydrogen-bond donors (Lipinski definition) is 2. The van der Waals surface area contributed by atoms with Gasteiger partial charge in [-0.3, -0.25) is 14.4 Å². The zero-order valence-electron chi connectivity index (χ0n) is 12.1. The van der Waals surface area contributed by atoms with Gasteiger partial charge in [-0.1, -0.05) is 26.0 Å². The Kier molecular flexibility index (Phi) is 4.26. The fourth-order valence-electron chi connectivity index (χ4n) is 2.46. The zero-order chi connectivity index (χ0) is 15.6. The summed E-state index contributed by atoms with van der Waals surface area (Å²) < 4.78 is 0. The number of nitrogens with two attached hydrogens (primary N) is 1. The molecular formula is C15H19N3O3. The maximum atomic E-state index is 12.6. The van der Waals surface area contributed by atoms with Crippen LogP contribution in [-0.4, -0.2) is 35.2 Å². The predicted octanol–water partition coefficient (Wildman–Crippen LogP) is 0.981. The monoisotopic (exact) mass is 289 g/mol. The van der Waals surface area contributed by atoms with Gasteiger partial charge in [-0.05, 0) is 24.5 Å². The SMILES string of the molecule is CC(C)C[C@H]1C(=O)Nc2ccccc2C(=O)N1CC(N)=O. The average molecular weight is 289 g/mol. The number of rotatable bonds is 4. The van der Waals surface area contributed by atoms with Crippen LogP contribution in [0.2, 0.25) is 0 Å². The minimum atomic E-state index is -0.697. The van der Waals surface area contributed by atoms with Gasteiger partial charge in [0.05, 0.1) is 11.3 Å². The quantitative estimate of drug-likeness (QED) is 0.865. The number of amides is 3. The van der Waals surface area contributed by atoms with Crippen molar-refractivity contribution in [2.45, 2.75) is 26.3 Å². The van der Waals surface area contributed by atoms with Crippen molar-refractivity contribution in [2.75, 3.05) is 11.9 Å². The van der Waals surface area contributed by atoms with Crippen molar-refractivity contribution in [1.82, 2.24) is 4.90 Å². The molecule has 0 unspecified atom stereocenters. The van der Waals surface area contributed by atoms with E-state index in [1.165, 1.54) is 4.90 Å². The van der Waals surface area contributed by atoms with Crippen LogP contribution in [0.1, 0.15) is 30.6 Å². The summed E-state index contributed by atoms with van der Waals surface area (Å²) in [6.45, 7) is 3.65. The Morgan fingerprint density at radius 2 is 2.00 bits per heavy atom. The lowest BCUT2D eigenvalue weighted by atomic mass is 10.0. The summed E-state index contributed by atoms with van der Waals surface area (Å²) in [6, 6.07) is 6.06. The number of carbonyl (C=O) groups is 3. The number of fused-ring (bicyclic) bond motifs is 1. The number of primary amides is 1. The number of anilines is 1. The molecule has 1 aromatic carbocycles. The topological polar surface area (TPSA) is 92.5 Å². The second-order valence-corrected chi connectivity index (χ2v) is 5.58. The molecule has 0 fully saturated rings. The first-order valence-electron chi connectivity index (χ1n) is 6.89. The maximum Gasteiger partial charge on any atom is 0.257 e. The van der Waals surface area contributed by atoms with E-state index in [-0.39, 0.29) is 24.3 Å². The Balaban J connectivity index is 2.45. The van der Waals surface area contributed by atoms with Crippen LogP contribution in [0.5, 0.6) is 0 Å². The third-order valence-electron chi connectivity index (χ3n) is 3.38. The molecule has 1 atom stereocenters. The van der Waals surface area contributed by atoms with Gasteiger partial charge < -0.3 is 16.0 Å². The Hall–Kier alpha value is -2.37. The van der Waals surface area contributed by atoms with E-state index in [0.29, 0.717) is 17.7 Å². The normalized spacial score (nSPS) is 18.2. The molecule has 3 amide bonds. The lowest BCUT2D eigenvalue weighted by Crippen LogP contribution is -2.49. The molecule has 21 heavy (non-hydrogen) atoms. The van der Waals surface area contributed by atoms with E-state index in [0.717, 1.165) is 0 Å². The van der Waals surface area contributed by atoms with Crippen LogP contribution in [0.15, 0.2) is 24.3 Å². The Bertz CT molecular complexity index is 583. The summed E-state index contributed by atoms with van der Waals surface area (Å²) in [5, 5.41) is 2.76. The average Bonchev–Trinajstić information content (AvgIpc) is 2.49. The highest BCUT2D eigenvalue weighted by atomic mass is 16.2. The molecule has 0 aliphatic carbocycles. The summed E-state index contributed by atoms with van der Waals surface area (Å²) in [6.07, 6.45) is 0.471. The molecule has 2 rings (SSSR count). The molecular weight excluding hydrogens is 270 g/mol. The van der Waals surface area contributed by atoms with Gasteiger partial charge in [0.15, 0.2) is 0 Å². The molecule has 1 aliphatic rings. The second kappa shape index (κ2) is 5.95. The van der Waals surface area contributed by atoms with E-state index in [4.69, 9.17) is 5.73 Å². The fraction of sp³-hybridized carbons (Fsp3) is 0.400. The number of nitrogens with one attached hydrogen (secondary N) is 1. The molecule has 112 valence electrons. The van der Waals surface area contributed by atoms with Crippen molar-refractivity contribution in [3.63, 3.8) is 0 Å². The van der Waals surface area contributed by atoms with Crippen molar-refractivity contribution < 1.29 is 14.4 Å². The molecule has 6 heteroatoms. The van der Waals surface area contributed by atoms with Crippen LogP contribution in [0.25, 0.3) is 0 Å². The Morgan fingerprint density at radius 1 is 1.33 bits per heavy atom. The molecule has 1 aliphatic heterocycles. The maximum absolute atomic E-state index is 12.6. The van der Waals surface area contributed by atoms with Crippen molar-refractivity contribution in [3.05, 3.63) is 29.8 Å². The summed E-state index contributed by atoms with van der Waals surface area (Å²) in [4.78, 5) is 37.6. The summed E-state index contributed by atoms with van der Waals surface area (Å²) in [7, 11) is 0. The first-order chi connectivity index (χ1) is 9.90. The first kappa shape index (κ1) is 15.0. The molecule has 1 aromatic rings. The largest absolute Gasteiger partial charge is 0.368 e. The van der Waals surface area contributed by atoms with Crippen molar-refractivity contribution >= 4 is 23.4 Å². The standard InChI is InChI=1S/C15H19N3O3/c1-9(2)7-12-14(20)17-11-6-4-3-5-10(11)15(21)18(12)8-13(16)19/h3-6,9,12H,7-8H2,1-2H3,(H2,16,19)(H,17,20)/t12-/m0/s1. The second-order valence-electron chi connectivity index (χ2n) is 5.58. The molecule has 6 nitrogen and oxygen atoms in total. The third-order valence-corrected chi connectivity index (χ3v) is 3.38. The van der Waals surface area contributed by atoms with Crippen LogP contribution in [0.4, 0.5) is 5.69 Å². The number of hydrogen-bond acceptors (Lipinski definition) is 3. The summed E-state index contributed by atoms with van der Waals surface area (Å²) >= 11 is 0. The van der Waals surface area contributed by atoms with E-state index in [1.54, 1.807) is 24.3 Å². The molecule has 0 spiro atoms. The van der Waals surface area contributed by atoms with E-state index >= 15 is 0 Å². The Labute approximate surface area is 123 Å². The molecule has 0 bridgehead atoms.